The third-order valence-electron chi connectivity index (χ3n) is 3.41. The standard InChI is InChI=1S/C15H25N5/c1-6-8-9-16-15-13-12(11(5)19-20(13)7-2)17-14(18-15)10(3)4/h10H,6-9H2,1-5H3,(H,16,17,18). The van der Waals surface area contributed by atoms with E-state index in [0.29, 0.717) is 5.92 Å². The summed E-state index contributed by atoms with van der Waals surface area (Å²) in [6.45, 7) is 12.3. The lowest BCUT2D eigenvalue weighted by atomic mass is 10.2. The molecule has 0 fully saturated rings. The molecular formula is C15H25N5. The second kappa shape index (κ2) is 6.20. The lowest BCUT2D eigenvalue weighted by Gasteiger charge is -2.11. The van der Waals surface area contributed by atoms with Crippen LogP contribution in [-0.4, -0.2) is 26.3 Å². The van der Waals surface area contributed by atoms with Gasteiger partial charge in [-0.15, -0.1) is 0 Å². The molecular weight excluding hydrogens is 250 g/mol. The summed E-state index contributed by atoms with van der Waals surface area (Å²) >= 11 is 0. The van der Waals surface area contributed by atoms with Gasteiger partial charge in [0.2, 0.25) is 0 Å². The van der Waals surface area contributed by atoms with E-state index in [2.05, 4.69) is 38.1 Å². The molecule has 0 aliphatic rings. The van der Waals surface area contributed by atoms with E-state index < -0.39 is 0 Å². The van der Waals surface area contributed by atoms with Crippen molar-refractivity contribution < 1.29 is 0 Å². The zero-order chi connectivity index (χ0) is 14.7. The van der Waals surface area contributed by atoms with Crippen LogP contribution in [0, 0.1) is 6.92 Å². The van der Waals surface area contributed by atoms with Gasteiger partial charge in [0.25, 0.3) is 0 Å². The van der Waals surface area contributed by atoms with Crippen molar-refractivity contribution in [2.75, 3.05) is 11.9 Å². The molecule has 2 aromatic heterocycles. The summed E-state index contributed by atoms with van der Waals surface area (Å²) in [4.78, 5) is 9.41. The van der Waals surface area contributed by atoms with Crippen LogP contribution in [0.5, 0.6) is 0 Å². The van der Waals surface area contributed by atoms with Gasteiger partial charge in [0.1, 0.15) is 16.9 Å². The van der Waals surface area contributed by atoms with Crippen molar-refractivity contribution in [3.8, 4) is 0 Å². The van der Waals surface area contributed by atoms with Crippen LogP contribution in [0.3, 0.4) is 0 Å². The Labute approximate surface area is 120 Å². The molecule has 2 rings (SSSR count). The quantitative estimate of drug-likeness (QED) is 0.820. The van der Waals surface area contributed by atoms with Gasteiger partial charge in [0.05, 0.1) is 5.69 Å². The Bertz CT molecular complexity index is 585. The second-order valence-electron chi connectivity index (χ2n) is 5.46. The molecule has 1 N–H and O–H groups in total. The van der Waals surface area contributed by atoms with Crippen LogP contribution in [0.15, 0.2) is 0 Å². The zero-order valence-corrected chi connectivity index (χ0v) is 13.2. The van der Waals surface area contributed by atoms with Gasteiger partial charge in [0, 0.05) is 19.0 Å². The van der Waals surface area contributed by atoms with Crippen molar-refractivity contribution >= 4 is 16.9 Å². The van der Waals surface area contributed by atoms with Crippen LogP contribution in [-0.2, 0) is 6.54 Å². The first-order valence-corrected chi connectivity index (χ1v) is 7.57. The number of fused-ring (bicyclic) bond motifs is 1. The van der Waals surface area contributed by atoms with E-state index in [0.717, 1.165) is 47.9 Å². The molecule has 2 heterocycles. The molecule has 0 bridgehead atoms. The number of rotatable bonds is 6. The molecule has 0 radical (unpaired) electrons. The van der Waals surface area contributed by atoms with E-state index in [1.54, 1.807) is 0 Å². The van der Waals surface area contributed by atoms with Gasteiger partial charge in [-0.3, -0.25) is 4.68 Å². The number of unbranched alkanes of at least 4 members (excludes halogenated alkanes) is 1. The lowest BCUT2D eigenvalue weighted by molar-refractivity contribution is 0.675. The normalized spacial score (nSPS) is 11.5. The molecule has 0 atom stereocenters. The van der Waals surface area contributed by atoms with Gasteiger partial charge in [0.15, 0.2) is 5.82 Å². The van der Waals surface area contributed by atoms with Gasteiger partial charge < -0.3 is 5.32 Å². The predicted molar refractivity (Wildman–Crippen MR) is 83.2 cm³/mol. The van der Waals surface area contributed by atoms with E-state index >= 15 is 0 Å². The van der Waals surface area contributed by atoms with E-state index in [1.165, 1.54) is 6.42 Å². The Hall–Kier alpha value is -1.65. The molecule has 0 aliphatic heterocycles. The molecule has 2 aromatic rings. The number of aromatic nitrogens is 4. The Balaban J connectivity index is 2.54. The molecule has 0 saturated heterocycles. The number of hydrogen-bond acceptors (Lipinski definition) is 4. The van der Waals surface area contributed by atoms with Crippen LogP contribution >= 0.6 is 0 Å². The number of nitrogens with zero attached hydrogens (tertiary/aromatic N) is 4. The fourth-order valence-corrected chi connectivity index (χ4v) is 2.24. The van der Waals surface area contributed by atoms with Crippen molar-refractivity contribution in [3.05, 3.63) is 11.5 Å². The Kier molecular flexibility index (Phi) is 4.57. The summed E-state index contributed by atoms with van der Waals surface area (Å²) in [6.07, 6.45) is 2.31. The third kappa shape index (κ3) is 2.76. The van der Waals surface area contributed by atoms with Gasteiger partial charge in [-0.25, -0.2) is 9.97 Å². The number of anilines is 1. The number of aryl methyl sites for hydroxylation is 2. The van der Waals surface area contributed by atoms with Crippen molar-refractivity contribution in [1.29, 1.82) is 0 Å². The topological polar surface area (TPSA) is 55.6 Å². The highest BCUT2D eigenvalue weighted by molar-refractivity contribution is 5.87. The maximum atomic E-state index is 4.71. The average molecular weight is 275 g/mol. The predicted octanol–water partition coefficient (Wildman–Crippen LogP) is 3.49. The van der Waals surface area contributed by atoms with Crippen molar-refractivity contribution in [2.24, 2.45) is 0 Å². The molecule has 5 nitrogen and oxygen atoms in total. The molecule has 0 spiro atoms. The smallest absolute Gasteiger partial charge is 0.156 e. The Morgan fingerprint density at radius 3 is 2.55 bits per heavy atom. The van der Waals surface area contributed by atoms with Crippen molar-refractivity contribution in [3.63, 3.8) is 0 Å². The van der Waals surface area contributed by atoms with E-state index in [4.69, 9.17) is 9.97 Å². The molecule has 0 aromatic carbocycles. The zero-order valence-electron chi connectivity index (χ0n) is 13.2. The first kappa shape index (κ1) is 14.8. The minimum Gasteiger partial charge on any atom is -0.368 e. The summed E-state index contributed by atoms with van der Waals surface area (Å²) in [5.74, 6) is 2.13. The number of nitrogens with one attached hydrogen (secondary N) is 1. The summed E-state index contributed by atoms with van der Waals surface area (Å²) in [6, 6.07) is 0. The maximum Gasteiger partial charge on any atom is 0.156 e. The first-order chi connectivity index (χ1) is 9.58. The monoisotopic (exact) mass is 275 g/mol. The lowest BCUT2D eigenvalue weighted by Crippen LogP contribution is -2.09. The van der Waals surface area contributed by atoms with Gasteiger partial charge in [-0.05, 0) is 20.3 Å². The molecule has 0 amide bonds. The molecule has 5 heteroatoms. The summed E-state index contributed by atoms with van der Waals surface area (Å²) in [5.41, 5.74) is 2.99. The Morgan fingerprint density at radius 2 is 1.95 bits per heavy atom. The van der Waals surface area contributed by atoms with Crippen LogP contribution in [0.25, 0.3) is 11.0 Å². The molecule has 0 saturated carbocycles. The van der Waals surface area contributed by atoms with Crippen LogP contribution in [0.4, 0.5) is 5.82 Å². The highest BCUT2D eigenvalue weighted by atomic mass is 15.3. The summed E-state index contributed by atoms with van der Waals surface area (Å²) in [7, 11) is 0. The van der Waals surface area contributed by atoms with Gasteiger partial charge >= 0.3 is 0 Å². The largest absolute Gasteiger partial charge is 0.368 e. The molecule has 0 aliphatic carbocycles. The molecule has 110 valence electrons. The first-order valence-electron chi connectivity index (χ1n) is 7.57. The summed E-state index contributed by atoms with van der Waals surface area (Å²) < 4.78 is 1.99. The van der Waals surface area contributed by atoms with Crippen LogP contribution < -0.4 is 5.32 Å². The van der Waals surface area contributed by atoms with E-state index in [-0.39, 0.29) is 0 Å². The van der Waals surface area contributed by atoms with Crippen molar-refractivity contribution in [1.82, 2.24) is 19.7 Å². The van der Waals surface area contributed by atoms with Gasteiger partial charge in [-0.2, -0.15) is 5.10 Å². The SMILES string of the molecule is CCCCNc1nc(C(C)C)nc2c(C)nn(CC)c12. The summed E-state index contributed by atoms with van der Waals surface area (Å²) in [5, 5.41) is 8.03. The van der Waals surface area contributed by atoms with E-state index in [9.17, 15) is 0 Å². The average Bonchev–Trinajstić information content (AvgIpc) is 2.76. The van der Waals surface area contributed by atoms with E-state index in [1.807, 2.05) is 11.6 Å². The van der Waals surface area contributed by atoms with Crippen LogP contribution in [0.1, 0.15) is 58.0 Å². The maximum absolute atomic E-state index is 4.71. The van der Waals surface area contributed by atoms with Gasteiger partial charge in [-0.1, -0.05) is 27.2 Å². The fourth-order valence-electron chi connectivity index (χ4n) is 2.24. The highest BCUT2D eigenvalue weighted by Crippen LogP contribution is 2.25. The highest BCUT2D eigenvalue weighted by Gasteiger charge is 2.16. The van der Waals surface area contributed by atoms with Crippen LogP contribution in [0.2, 0.25) is 0 Å². The third-order valence-corrected chi connectivity index (χ3v) is 3.41. The Morgan fingerprint density at radius 1 is 1.20 bits per heavy atom. The minimum atomic E-state index is 0.315. The number of hydrogen-bond donors (Lipinski definition) is 1. The molecule has 20 heavy (non-hydrogen) atoms. The van der Waals surface area contributed by atoms with Crippen molar-refractivity contribution in [2.45, 2.75) is 59.9 Å². The molecule has 0 unspecified atom stereocenters. The fraction of sp³-hybridized carbons (Fsp3) is 0.667. The minimum absolute atomic E-state index is 0.315. The second-order valence-corrected chi connectivity index (χ2v) is 5.46.